The first-order chi connectivity index (χ1) is 13.1. The lowest BCUT2D eigenvalue weighted by Gasteiger charge is -2.31. The van der Waals surface area contributed by atoms with E-state index in [9.17, 15) is 4.79 Å². The summed E-state index contributed by atoms with van der Waals surface area (Å²) in [6.45, 7) is 2.02. The van der Waals surface area contributed by atoms with Crippen molar-refractivity contribution in [1.29, 1.82) is 0 Å². The summed E-state index contributed by atoms with van der Waals surface area (Å²) in [5.74, 6) is 1.74. The molecule has 1 N–H and O–H groups in total. The summed E-state index contributed by atoms with van der Waals surface area (Å²) in [5, 5.41) is 0.641. The number of ether oxygens (including phenoxy) is 1. The van der Waals surface area contributed by atoms with Crippen molar-refractivity contribution in [3.05, 3.63) is 82.9 Å². The molecule has 0 spiro atoms. The highest BCUT2D eigenvalue weighted by molar-refractivity contribution is 9.08. The summed E-state index contributed by atoms with van der Waals surface area (Å²) < 4.78 is 6.62. The van der Waals surface area contributed by atoms with Crippen molar-refractivity contribution in [3.8, 4) is 5.75 Å². The number of fused-ring (bicyclic) bond motifs is 1. The number of aromatic nitrogens is 2. The van der Waals surface area contributed by atoms with Gasteiger partial charge in [0, 0.05) is 40.8 Å². The van der Waals surface area contributed by atoms with Crippen LogP contribution >= 0.6 is 15.9 Å². The Morgan fingerprint density at radius 1 is 1.19 bits per heavy atom. The lowest BCUT2D eigenvalue weighted by molar-refractivity contribution is 0.0971. The van der Waals surface area contributed by atoms with E-state index in [0.717, 1.165) is 46.7 Å². The lowest BCUT2D eigenvalue weighted by atomic mass is 9.87. The highest BCUT2D eigenvalue weighted by atomic mass is 79.9. The standard InChI is InChI=1S/C22H21BrN2O2/c1-22(21-24-12-13-25-21,15-6-3-2-4-7-15)27-20-11-10-17-16(18(20)14-23)8-5-9-19(17)26/h2-4,6-7,10-13H,5,8-9,14H2,1H3,(H,24,25)/t22-/m0/s1. The van der Waals surface area contributed by atoms with Gasteiger partial charge in [-0.15, -0.1) is 0 Å². The van der Waals surface area contributed by atoms with Gasteiger partial charge in [0.25, 0.3) is 0 Å². The maximum absolute atomic E-state index is 12.3. The monoisotopic (exact) mass is 424 g/mol. The minimum atomic E-state index is -0.769. The van der Waals surface area contributed by atoms with Gasteiger partial charge in [-0.2, -0.15) is 0 Å². The second-order valence-electron chi connectivity index (χ2n) is 6.92. The Morgan fingerprint density at radius 3 is 2.70 bits per heavy atom. The van der Waals surface area contributed by atoms with Crippen molar-refractivity contribution >= 4 is 21.7 Å². The topological polar surface area (TPSA) is 55.0 Å². The van der Waals surface area contributed by atoms with Crippen molar-refractivity contribution in [2.75, 3.05) is 0 Å². The van der Waals surface area contributed by atoms with Crippen LogP contribution in [0.4, 0.5) is 0 Å². The van der Waals surface area contributed by atoms with E-state index in [4.69, 9.17) is 4.74 Å². The number of benzene rings is 2. The quantitative estimate of drug-likeness (QED) is 0.574. The first kappa shape index (κ1) is 18.0. The molecule has 4 nitrogen and oxygen atoms in total. The molecule has 0 bridgehead atoms. The van der Waals surface area contributed by atoms with Crippen LogP contribution in [0.2, 0.25) is 0 Å². The fourth-order valence-electron chi connectivity index (χ4n) is 3.77. The molecule has 1 aromatic heterocycles. The highest BCUT2D eigenvalue weighted by Crippen LogP contribution is 2.38. The lowest BCUT2D eigenvalue weighted by Crippen LogP contribution is -2.33. The number of rotatable bonds is 5. The molecular weight excluding hydrogens is 404 g/mol. The van der Waals surface area contributed by atoms with Crippen LogP contribution in [-0.4, -0.2) is 15.8 Å². The second-order valence-corrected chi connectivity index (χ2v) is 7.48. The predicted molar refractivity (Wildman–Crippen MR) is 108 cm³/mol. The van der Waals surface area contributed by atoms with E-state index < -0.39 is 5.60 Å². The molecule has 0 amide bonds. The molecule has 2 aromatic carbocycles. The number of nitrogens with zero attached hydrogens (tertiary/aromatic N) is 1. The number of nitrogens with one attached hydrogen (secondary N) is 1. The number of hydrogen-bond donors (Lipinski definition) is 1. The Hall–Kier alpha value is -2.40. The van der Waals surface area contributed by atoms with Crippen molar-refractivity contribution in [3.63, 3.8) is 0 Å². The zero-order valence-corrected chi connectivity index (χ0v) is 16.8. The molecule has 0 aliphatic heterocycles. The van der Waals surface area contributed by atoms with Gasteiger partial charge < -0.3 is 9.72 Å². The molecule has 0 radical (unpaired) electrons. The summed E-state index contributed by atoms with van der Waals surface area (Å²) in [7, 11) is 0. The minimum absolute atomic E-state index is 0.224. The third-order valence-corrected chi connectivity index (χ3v) is 5.80. The van der Waals surface area contributed by atoms with Crippen molar-refractivity contribution in [2.45, 2.75) is 37.1 Å². The maximum Gasteiger partial charge on any atom is 0.188 e. The van der Waals surface area contributed by atoms with Gasteiger partial charge in [0.15, 0.2) is 17.2 Å². The van der Waals surface area contributed by atoms with E-state index in [1.54, 1.807) is 12.4 Å². The average molecular weight is 425 g/mol. The summed E-state index contributed by atoms with van der Waals surface area (Å²) in [4.78, 5) is 20.0. The zero-order chi connectivity index (χ0) is 18.9. The van der Waals surface area contributed by atoms with Crippen LogP contribution in [0.1, 0.15) is 52.6 Å². The van der Waals surface area contributed by atoms with Gasteiger partial charge in [-0.25, -0.2) is 4.98 Å². The van der Waals surface area contributed by atoms with E-state index in [1.165, 1.54) is 0 Å². The van der Waals surface area contributed by atoms with Crippen molar-refractivity contribution in [1.82, 2.24) is 9.97 Å². The zero-order valence-electron chi connectivity index (χ0n) is 15.2. The smallest absolute Gasteiger partial charge is 0.188 e. The fraction of sp³-hybridized carbons (Fsp3) is 0.273. The van der Waals surface area contributed by atoms with Gasteiger partial charge >= 0.3 is 0 Å². The van der Waals surface area contributed by atoms with E-state index in [1.807, 2.05) is 49.4 Å². The third-order valence-electron chi connectivity index (χ3n) is 5.24. The Balaban J connectivity index is 1.82. The number of ketones is 1. The second kappa shape index (κ2) is 7.31. The average Bonchev–Trinajstić information content (AvgIpc) is 3.24. The number of imidazole rings is 1. The third kappa shape index (κ3) is 3.21. The largest absolute Gasteiger partial charge is 0.475 e. The molecule has 0 fully saturated rings. The molecule has 5 heteroatoms. The van der Waals surface area contributed by atoms with Crippen molar-refractivity contribution < 1.29 is 9.53 Å². The molecule has 1 aliphatic rings. The molecule has 3 aromatic rings. The van der Waals surface area contributed by atoms with Crippen LogP contribution < -0.4 is 4.74 Å². The van der Waals surface area contributed by atoms with E-state index in [2.05, 4.69) is 25.9 Å². The SMILES string of the molecule is C[C@](Oc1ccc2c(c1CBr)CCCC2=O)(c1ccccc1)c1ncc[nH]1. The normalized spacial score (nSPS) is 15.9. The van der Waals surface area contributed by atoms with Crippen LogP contribution in [-0.2, 0) is 17.4 Å². The summed E-state index contributed by atoms with van der Waals surface area (Å²) in [5.41, 5.74) is 3.23. The number of H-pyrrole nitrogens is 1. The summed E-state index contributed by atoms with van der Waals surface area (Å²) >= 11 is 3.61. The van der Waals surface area contributed by atoms with Gasteiger partial charge in [-0.1, -0.05) is 46.3 Å². The maximum atomic E-state index is 12.3. The molecular formula is C22H21BrN2O2. The number of aromatic amines is 1. The minimum Gasteiger partial charge on any atom is -0.475 e. The van der Waals surface area contributed by atoms with Crippen molar-refractivity contribution in [2.24, 2.45) is 0 Å². The van der Waals surface area contributed by atoms with Crippen LogP contribution in [0.25, 0.3) is 0 Å². The van der Waals surface area contributed by atoms with E-state index in [-0.39, 0.29) is 5.78 Å². The first-order valence-corrected chi connectivity index (χ1v) is 10.2. The van der Waals surface area contributed by atoms with Gasteiger partial charge in [-0.05, 0) is 37.5 Å². The molecule has 138 valence electrons. The molecule has 4 rings (SSSR count). The number of alkyl halides is 1. The van der Waals surface area contributed by atoms with Crippen LogP contribution in [0, 0.1) is 0 Å². The molecule has 0 saturated carbocycles. The van der Waals surface area contributed by atoms with Gasteiger partial charge in [0.1, 0.15) is 5.75 Å². The first-order valence-electron chi connectivity index (χ1n) is 9.12. The number of carbonyl (C=O) groups is 1. The van der Waals surface area contributed by atoms with Crippen LogP contribution in [0.3, 0.4) is 0 Å². The number of carbonyl (C=O) groups excluding carboxylic acids is 1. The van der Waals surface area contributed by atoms with E-state index in [0.29, 0.717) is 11.8 Å². The Kier molecular flexibility index (Phi) is 4.87. The molecule has 1 atom stereocenters. The summed E-state index contributed by atoms with van der Waals surface area (Å²) in [6, 6.07) is 13.9. The number of halogens is 1. The van der Waals surface area contributed by atoms with Crippen LogP contribution in [0.15, 0.2) is 54.9 Å². The van der Waals surface area contributed by atoms with E-state index >= 15 is 0 Å². The predicted octanol–water partition coefficient (Wildman–Crippen LogP) is 5.17. The summed E-state index contributed by atoms with van der Waals surface area (Å²) in [6.07, 6.45) is 5.96. The Bertz CT molecular complexity index is 954. The fourth-order valence-corrected chi connectivity index (χ4v) is 4.38. The highest BCUT2D eigenvalue weighted by Gasteiger charge is 2.35. The molecule has 0 saturated heterocycles. The number of Topliss-reactive ketones (excluding diaryl/α,β-unsaturated/α-hetero) is 1. The molecule has 27 heavy (non-hydrogen) atoms. The van der Waals surface area contributed by atoms with Gasteiger partial charge in [0.2, 0.25) is 0 Å². The molecule has 1 heterocycles. The van der Waals surface area contributed by atoms with Crippen LogP contribution in [0.5, 0.6) is 5.75 Å². The Labute approximate surface area is 167 Å². The number of hydrogen-bond acceptors (Lipinski definition) is 3. The molecule has 0 unspecified atom stereocenters. The van der Waals surface area contributed by atoms with Gasteiger partial charge in [-0.3, -0.25) is 4.79 Å². The van der Waals surface area contributed by atoms with Gasteiger partial charge in [0.05, 0.1) is 0 Å². The molecule has 1 aliphatic carbocycles. The Morgan fingerprint density at radius 2 is 2.00 bits per heavy atom.